The van der Waals surface area contributed by atoms with Gasteiger partial charge in [0.2, 0.25) is 0 Å². The van der Waals surface area contributed by atoms with E-state index in [0.717, 1.165) is 18.2 Å². The number of hydrogen-bond acceptors (Lipinski definition) is 5. The molecule has 2 atom stereocenters. The summed E-state index contributed by atoms with van der Waals surface area (Å²) in [6.07, 6.45) is -7.55. The molecular weight excluding hydrogens is 474 g/mol. The standard InChI is InChI=1S/C23H23F4N3O5/c1-3-35-21(23(25,26)27)17-7-5-13(15(12-34-2)9-20(31)32)8-19(17)30-22(33)29-16-6-4-14(11-28)18(24)10-16/h4-8,10,15,21H,3,9,12H2,1-2H3,(H,31,32)(H2,29,30,33)/t15-,21-/m1/s1. The number of nitriles is 1. The van der Waals surface area contributed by atoms with Crippen LogP contribution in [0.2, 0.25) is 0 Å². The third kappa shape index (κ3) is 7.66. The van der Waals surface area contributed by atoms with Gasteiger partial charge in [-0.25, -0.2) is 9.18 Å². The molecule has 188 valence electrons. The number of carboxylic acids is 1. The first-order valence-corrected chi connectivity index (χ1v) is 10.3. The number of benzene rings is 2. The smallest absolute Gasteiger partial charge is 0.418 e. The summed E-state index contributed by atoms with van der Waals surface area (Å²) in [5, 5.41) is 22.6. The van der Waals surface area contributed by atoms with E-state index in [9.17, 15) is 32.3 Å². The highest BCUT2D eigenvalue weighted by molar-refractivity contribution is 6.00. The number of carbonyl (C=O) groups excluding carboxylic acids is 1. The Balaban J connectivity index is 2.46. The predicted octanol–water partition coefficient (Wildman–Crippen LogP) is 5.19. The van der Waals surface area contributed by atoms with E-state index in [4.69, 9.17) is 14.7 Å². The molecular formula is C23H23F4N3O5. The highest BCUT2D eigenvalue weighted by Crippen LogP contribution is 2.40. The lowest BCUT2D eigenvalue weighted by atomic mass is 9.93. The molecule has 0 unspecified atom stereocenters. The van der Waals surface area contributed by atoms with Crippen LogP contribution >= 0.6 is 0 Å². The topological polar surface area (TPSA) is 121 Å². The molecule has 0 fully saturated rings. The molecule has 35 heavy (non-hydrogen) atoms. The molecule has 2 aromatic carbocycles. The van der Waals surface area contributed by atoms with Crippen LogP contribution in [0.25, 0.3) is 0 Å². The van der Waals surface area contributed by atoms with Crippen LogP contribution in [0.15, 0.2) is 36.4 Å². The normalized spacial score (nSPS) is 12.9. The first-order valence-electron chi connectivity index (χ1n) is 10.3. The number of rotatable bonds is 10. The quantitative estimate of drug-likeness (QED) is 0.389. The van der Waals surface area contributed by atoms with Crippen molar-refractivity contribution < 1.29 is 41.7 Å². The van der Waals surface area contributed by atoms with E-state index in [0.29, 0.717) is 5.56 Å². The molecule has 2 rings (SSSR count). The van der Waals surface area contributed by atoms with E-state index >= 15 is 0 Å². The molecule has 0 heterocycles. The summed E-state index contributed by atoms with van der Waals surface area (Å²) >= 11 is 0. The van der Waals surface area contributed by atoms with Gasteiger partial charge in [-0.1, -0.05) is 12.1 Å². The number of hydrogen-bond donors (Lipinski definition) is 3. The third-order valence-electron chi connectivity index (χ3n) is 4.85. The first kappa shape index (κ1) is 27.6. The van der Waals surface area contributed by atoms with Crippen LogP contribution in [-0.4, -0.2) is 43.6 Å². The maximum atomic E-state index is 13.8. The largest absolute Gasteiger partial charge is 0.481 e. The van der Waals surface area contributed by atoms with E-state index in [-0.39, 0.29) is 36.6 Å². The molecule has 0 bridgehead atoms. The van der Waals surface area contributed by atoms with E-state index in [2.05, 4.69) is 10.6 Å². The van der Waals surface area contributed by atoms with Gasteiger partial charge in [-0.05, 0) is 36.8 Å². The fourth-order valence-electron chi connectivity index (χ4n) is 3.35. The number of anilines is 2. The highest BCUT2D eigenvalue weighted by Gasteiger charge is 2.43. The summed E-state index contributed by atoms with van der Waals surface area (Å²) < 4.78 is 64.9. The summed E-state index contributed by atoms with van der Waals surface area (Å²) in [5.74, 6) is -2.74. The average Bonchev–Trinajstić information content (AvgIpc) is 2.76. The van der Waals surface area contributed by atoms with Crippen molar-refractivity contribution in [1.82, 2.24) is 0 Å². The minimum atomic E-state index is -4.81. The molecule has 8 nitrogen and oxygen atoms in total. The number of nitrogens with one attached hydrogen (secondary N) is 2. The number of methoxy groups -OCH3 is 1. The van der Waals surface area contributed by atoms with Crippen molar-refractivity contribution in [1.29, 1.82) is 5.26 Å². The summed E-state index contributed by atoms with van der Waals surface area (Å²) in [7, 11) is 1.35. The molecule has 0 radical (unpaired) electrons. The van der Waals surface area contributed by atoms with Crippen molar-refractivity contribution in [3.05, 3.63) is 58.9 Å². The van der Waals surface area contributed by atoms with E-state index < -0.39 is 41.6 Å². The van der Waals surface area contributed by atoms with E-state index in [1.165, 1.54) is 32.2 Å². The molecule has 0 aliphatic carbocycles. The molecule has 0 saturated carbocycles. The van der Waals surface area contributed by atoms with Crippen LogP contribution in [0.1, 0.15) is 42.1 Å². The number of carboxylic acid groups (broad SMARTS) is 1. The van der Waals surface area contributed by atoms with E-state index in [1.54, 1.807) is 6.07 Å². The number of nitrogens with zero attached hydrogens (tertiary/aromatic N) is 1. The van der Waals surface area contributed by atoms with Crippen LogP contribution < -0.4 is 10.6 Å². The molecule has 0 aromatic heterocycles. The van der Waals surface area contributed by atoms with Gasteiger partial charge in [0.1, 0.15) is 11.9 Å². The Morgan fingerprint density at radius 2 is 1.89 bits per heavy atom. The van der Waals surface area contributed by atoms with Gasteiger partial charge in [0, 0.05) is 36.6 Å². The fourth-order valence-corrected chi connectivity index (χ4v) is 3.35. The number of carbonyl (C=O) groups is 2. The second kappa shape index (κ2) is 12.1. The van der Waals surface area contributed by atoms with Gasteiger partial charge in [-0.15, -0.1) is 0 Å². The zero-order valence-electron chi connectivity index (χ0n) is 18.8. The molecule has 0 saturated heterocycles. The number of alkyl halides is 3. The summed E-state index contributed by atoms with van der Waals surface area (Å²) in [6, 6.07) is 7.54. The lowest BCUT2D eigenvalue weighted by Gasteiger charge is -2.25. The Morgan fingerprint density at radius 1 is 1.17 bits per heavy atom. The molecule has 2 aromatic rings. The SMILES string of the molecule is CCO[C@H](c1ccc([C@@H](COC)CC(=O)O)cc1NC(=O)Nc1ccc(C#N)c(F)c1)C(F)(F)F. The average molecular weight is 497 g/mol. The van der Waals surface area contributed by atoms with Crippen LogP contribution in [-0.2, 0) is 14.3 Å². The van der Waals surface area contributed by atoms with Gasteiger partial charge in [0.25, 0.3) is 0 Å². The van der Waals surface area contributed by atoms with Crippen molar-refractivity contribution >= 4 is 23.4 Å². The summed E-state index contributed by atoms with van der Waals surface area (Å²) in [4.78, 5) is 23.8. The fraction of sp³-hybridized carbons (Fsp3) is 0.348. The van der Waals surface area contributed by atoms with Crippen LogP contribution in [0.5, 0.6) is 0 Å². The Kier molecular flexibility index (Phi) is 9.56. The first-order chi connectivity index (χ1) is 16.5. The Hall–Kier alpha value is -3.69. The summed E-state index contributed by atoms with van der Waals surface area (Å²) in [5.41, 5.74) is -0.669. The van der Waals surface area contributed by atoms with Gasteiger partial charge in [-0.2, -0.15) is 18.4 Å². The maximum absolute atomic E-state index is 13.8. The number of ether oxygens (including phenoxy) is 2. The molecule has 3 N–H and O–H groups in total. The van der Waals surface area contributed by atoms with Crippen LogP contribution in [0.3, 0.4) is 0 Å². The maximum Gasteiger partial charge on any atom is 0.418 e. The molecule has 0 spiro atoms. The minimum absolute atomic E-state index is 0.0318. The van der Waals surface area contributed by atoms with Crippen LogP contribution in [0.4, 0.5) is 33.7 Å². The van der Waals surface area contributed by atoms with Crippen molar-refractivity contribution in [2.75, 3.05) is 31.0 Å². The third-order valence-corrected chi connectivity index (χ3v) is 4.85. The van der Waals surface area contributed by atoms with Crippen molar-refractivity contribution in [3.63, 3.8) is 0 Å². The Labute approximate surface area is 198 Å². The molecule has 0 aliphatic rings. The second-order valence-corrected chi connectivity index (χ2v) is 7.36. The van der Waals surface area contributed by atoms with Gasteiger partial charge in [0.05, 0.1) is 18.6 Å². The predicted molar refractivity (Wildman–Crippen MR) is 117 cm³/mol. The zero-order chi connectivity index (χ0) is 26.2. The van der Waals surface area contributed by atoms with Crippen molar-refractivity contribution in [3.8, 4) is 6.07 Å². The van der Waals surface area contributed by atoms with Gasteiger partial charge in [-0.3, -0.25) is 4.79 Å². The minimum Gasteiger partial charge on any atom is -0.481 e. The lowest BCUT2D eigenvalue weighted by Crippen LogP contribution is -2.27. The highest BCUT2D eigenvalue weighted by atomic mass is 19.4. The number of halogens is 4. The van der Waals surface area contributed by atoms with Gasteiger partial charge < -0.3 is 25.2 Å². The van der Waals surface area contributed by atoms with Crippen molar-refractivity contribution in [2.45, 2.75) is 31.5 Å². The molecule has 12 heteroatoms. The number of aliphatic carboxylic acids is 1. The molecule has 0 aliphatic heterocycles. The molecule has 2 amide bonds. The van der Waals surface area contributed by atoms with Crippen molar-refractivity contribution in [2.24, 2.45) is 0 Å². The monoisotopic (exact) mass is 497 g/mol. The zero-order valence-corrected chi connectivity index (χ0v) is 18.8. The van der Waals surface area contributed by atoms with Crippen LogP contribution in [0, 0.1) is 17.1 Å². The lowest BCUT2D eigenvalue weighted by molar-refractivity contribution is -0.222. The Bertz CT molecular complexity index is 1100. The summed E-state index contributed by atoms with van der Waals surface area (Å²) in [6.45, 7) is 1.08. The number of urea groups is 1. The second-order valence-electron chi connectivity index (χ2n) is 7.36. The number of amides is 2. The van der Waals surface area contributed by atoms with Gasteiger partial charge in [0.15, 0.2) is 6.10 Å². The van der Waals surface area contributed by atoms with Gasteiger partial charge >= 0.3 is 18.2 Å². The Morgan fingerprint density at radius 3 is 2.43 bits per heavy atom. The van der Waals surface area contributed by atoms with E-state index in [1.807, 2.05) is 0 Å².